The lowest BCUT2D eigenvalue weighted by molar-refractivity contribution is -0.123. The van der Waals surface area contributed by atoms with Gasteiger partial charge in [-0.1, -0.05) is 12.1 Å². The van der Waals surface area contributed by atoms with Gasteiger partial charge in [-0.2, -0.15) is 0 Å². The van der Waals surface area contributed by atoms with Crippen molar-refractivity contribution >= 4 is 35.1 Å². The van der Waals surface area contributed by atoms with Crippen LogP contribution in [0, 0.1) is 0 Å². The second-order valence-corrected chi connectivity index (χ2v) is 7.93. The molecule has 0 spiro atoms. The first kappa shape index (κ1) is 22.1. The molecule has 2 heterocycles. The summed E-state index contributed by atoms with van der Waals surface area (Å²) in [5.41, 5.74) is 1.65. The molecule has 0 bridgehead atoms. The summed E-state index contributed by atoms with van der Waals surface area (Å²) in [4.78, 5) is 51.4. The number of fused-ring (bicyclic) bond motifs is 2. The van der Waals surface area contributed by atoms with E-state index in [0.717, 1.165) is 4.90 Å². The summed E-state index contributed by atoms with van der Waals surface area (Å²) in [5.74, 6) is -0.965. The number of benzene rings is 3. The number of amides is 3. The molecule has 0 saturated heterocycles. The Morgan fingerprint density at radius 1 is 0.886 bits per heavy atom. The number of hydrogen-bond donors (Lipinski definition) is 1. The molecule has 0 saturated carbocycles. The average Bonchev–Trinajstić information content (AvgIpc) is 3.14. The molecule has 0 aromatic heterocycles. The van der Waals surface area contributed by atoms with Crippen molar-refractivity contribution in [1.82, 2.24) is 0 Å². The summed E-state index contributed by atoms with van der Waals surface area (Å²) < 4.78 is 16.2. The summed E-state index contributed by atoms with van der Waals surface area (Å²) in [5, 5.41) is 2.68. The number of nitrogens with zero attached hydrogens (tertiary/aromatic N) is 1. The van der Waals surface area contributed by atoms with Crippen LogP contribution in [0.15, 0.2) is 66.7 Å². The van der Waals surface area contributed by atoms with Crippen LogP contribution >= 0.6 is 0 Å². The van der Waals surface area contributed by atoms with Crippen molar-refractivity contribution in [2.75, 3.05) is 23.4 Å². The smallest absolute Gasteiger partial charge is 0.338 e. The van der Waals surface area contributed by atoms with Gasteiger partial charge in [-0.05, 0) is 55.5 Å². The highest BCUT2D eigenvalue weighted by Crippen LogP contribution is 2.33. The highest BCUT2D eigenvalue weighted by atomic mass is 16.6. The fraction of sp³-hybridized carbons (Fsp3) is 0.154. The predicted octanol–water partition coefficient (Wildman–Crippen LogP) is 3.44. The third-order valence-electron chi connectivity index (χ3n) is 5.62. The van der Waals surface area contributed by atoms with Gasteiger partial charge in [0.05, 0.1) is 22.4 Å². The van der Waals surface area contributed by atoms with Crippen LogP contribution in [0.1, 0.15) is 38.0 Å². The summed E-state index contributed by atoms with van der Waals surface area (Å²) in [6.07, 6.45) is -1.08. The summed E-state index contributed by atoms with van der Waals surface area (Å²) in [6, 6.07) is 17.4. The van der Waals surface area contributed by atoms with Crippen molar-refractivity contribution in [2.45, 2.75) is 13.0 Å². The van der Waals surface area contributed by atoms with Crippen LogP contribution in [0.4, 0.5) is 11.4 Å². The number of imide groups is 1. The van der Waals surface area contributed by atoms with Crippen LogP contribution in [0.3, 0.4) is 0 Å². The Kier molecular flexibility index (Phi) is 5.66. The van der Waals surface area contributed by atoms with Gasteiger partial charge in [0, 0.05) is 11.8 Å². The minimum absolute atomic E-state index is 0.171. The lowest BCUT2D eigenvalue weighted by Crippen LogP contribution is -2.30. The number of carbonyl (C=O) groups excluding carboxylic acids is 4. The van der Waals surface area contributed by atoms with E-state index in [2.05, 4.69) is 5.32 Å². The average molecular weight is 472 g/mol. The second-order valence-electron chi connectivity index (χ2n) is 7.93. The molecular formula is C26H20N2O7. The summed E-state index contributed by atoms with van der Waals surface area (Å²) >= 11 is 0. The Bertz CT molecular complexity index is 1320. The number of ether oxygens (including phenoxy) is 3. The molecule has 9 heteroatoms. The quantitative estimate of drug-likeness (QED) is 0.447. The monoisotopic (exact) mass is 472 g/mol. The van der Waals surface area contributed by atoms with E-state index in [1.807, 2.05) is 0 Å². The van der Waals surface area contributed by atoms with E-state index in [4.69, 9.17) is 14.2 Å². The summed E-state index contributed by atoms with van der Waals surface area (Å²) in [6.45, 7) is 2.34. The molecule has 2 aliphatic heterocycles. The fourth-order valence-corrected chi connectivity index (χ4v) is 3.82. The van der Waals surface area contributed by atoms with Crippen LogP contribution in [-0.4, -0.2) is 43.0 Å². The van der Waals surface area contributed by atoms with Gasteiger partial charge in [0.2, 0.25) is 0 Å². The molecule has 3 aromatic carbocycles. The zero-order valence-electron chi connectivity index (χ0n) is 18.6. The third kappa shape index (κ3) is 4.19. The number of anilines is 2. The third-order valence-corrected chi connectivity index (χ3v) is 5.62. The normalized spacial score (nSPS) is 14.8. The number of nitrogens with one attached hydrogen (secondary N) is 1. The number of rotatable bonds is 5. The van der Waals surface area contributed by atoms with Gasteiger partial charge in [-0.3, -0.25) is 14.4 Å². The molecule has 176 valence electrons. The van der Waals surface area contributed by atoms with E-state index in [0.29, 0.717) is 47.2 Å². The molecule has 35 heavy (non-hydrogen) atoms. The van der Waals surface area contributed by atoms with Crippen molar-refractivity contribution in [3.63, 3.8) is 0 Å². The van der Waals surface area contributed by atoms with Crippen LogP contribution in [-0.2, 0) is 9.53 Å². The zero-order valence-corrected chi connectivity index (χ0v) is 18.6. The summed E-state index contributed by atoms with van der Waals surface area (Å²) in [7, 11) is 0. The molecular weight excluding hydrogens is 452 g/mol. The van der Waals surface area contributed by atoms with E-state index in [-0.39, 0.29) is 5.56 Å². The Morgan fingerprint density at radius 2 is 1.51 bits per heavy atom. The van der Waals surface area contributed by atoms with E-state index >= 15 is 0 Å². The Labute approximate surface area is 200 Å². The second kappa shape index (κ2) is 8.94. The molecule has 3 amide bonds. The van der Waals surface area contributed by atoms with Gasteiger partial charge < -0.3 is 19.5 Å². The first-order chi connectivity index (χ1) is 16.9. The largest absolute Gasteiger partial charge is 0.486 e. The minimum Gasteiger partial charge on any atom is -0.486 e. The molecule has 1 unspecified atom stereocenters. The van der Waals surface area contributed by atoms with Gasteiger partial charge in [-0.15, -0.1) is 0 Å². The van der Waals surface area contributed by atoms with Crippen LogP contribution < -0.4 is 19.7 Å². The van der Waals surface area contributed by atoms with Crippen LogP contribution in [0.2, 0.25) is 0 Å². The fourth-order valence-electron chi connectivity index (χ4n) is 3.82. The molecule has 1 N–H and O–H groups in total. The van der Waals surface area contributed by atoms with Gasteiger partial charge in [0.1, 0.15) is 13.2 Å². The molecule has 2 aliphatic rings. The number of esters is 1. The topological polar surface area (TPSA) is 111 Å². The van der Waals surface area contributed by atoms with Crippen molar-refractivity contribution in [3.05, 3.63) is 83.4 Å². The van der Waals surface area contributed by atoms with Crippen molar-refractivity contribution < 1.29 is 33.4 Å². The lowest BCUT2D eigenvalue weighted by Gasteiger charge is -2.19. The van der Waals surface area contributed by atoms with Crippen molar-refractivity contribution in [3.8, 4) is 11.5 Å². The van der Waals surface area contributed by atoms with Gasteiger partial charge in [0.15, 0.2) is 17.6 Å². The lowest BCUT2D eigenvalue weighted by atomic mass is 10.1. The zero-order chi connectivity index (χ0) is 24.5. The van der Waals surface area contributed by atoms with E-state index in [9.17, 15) is 19.2 Å². The SMILES string of the molecule is CC(OC(=O)c1ccc(N2C(=O)c3ccccc3C2=O)cc1)C(=O)Nc1ccc2c(c1)OCCO2. The molecule has 0 fully saturated rings. The first-order valence-electron chi connectivity index (χ1n) is 10.9. The van der Waals surface area contributed by atoms with Crippen LogP contribution in [0.5, 0.6) is 11.5 Å². The van der Waals surface area contributed by atoms with E-state index in [1.54, 1.807) is 42.5 Å². The minimum atomic E-state index is -1.08. The van der Waals surface area contributed by atoms with Crippen molar-refractivity contribution in [1.29, 1.82) is 0 Å². The highest BCUT2D eigenvalue weighted by molar-refractivity contribution is 6.34. The molecule has 3 aromatic rings. The maximum atomic E-state index is 12.6. The van der Waals surface area contributed by atoms with E-state index < -0.39 is 29.8 Å². The number of carbonyl (C=O) groups is 4. The highest BCUT2D eigenvalue weighted by Gasteiger charge is 2.36. The Hall–Kier alpha value is -4.66. The Balaban J connectivity index is 1.22. The molecule has 9 nitrogen and oxygen atoms in total. The standard InChI is InChI=1S/C26H20N2O7/c1-15(23(29)27-17-8-11-21-22(14-17)34-13-12-33-21)35-26(32)16-6-9-18(10-7-16)28-24(30)19-4-2-3-5-20(19)25(28)31/h2-11,14-15H,12-13H2,1H3,(H,27,29). The molecule has 0 aliphatic carbocycles. The first-order valence-corrected chi connectivity index (χ1v) is 10.9. The molecule has 5 rings (SSSR count). The van der Waals surface area contributed by atoms with Gasteiger partial charge in [0.25, 0.3) is 17.7 Å². The van der Waals surface area contributed by atoms with Crippen LogP contribution in [0.25, 0.3) is 0 Å². The van der Waals surface area contributed by atoms with Gasteiger partial charge in [-0.25, -0.2) is 9.69 Å². The molecule has 0 radical (unpaired) electrons. The molecule has 1 atom stereocenters. The Morgan fingerprint density at radius 3 is 2.17 bits per heavy atom. The predicted molar refractivity (Wildman–Crippen MR) is 125 cm³/mol. The van der Waals surface area contributed by atoms with Crippen molar-refractivity contribution in [2.24, 2.45) is 0 Å². The van der Waals surface area contributed by atoms with E-state index in [1.165, 1.54) is 31.2 Å². The number of hydrogen-bond acceptors (Lipinski definition) is 7. The van der Waals surface area contributed by atoms with Gasteiger partial charge >= 0.3 is 5.97 Å². The maximum Gasteiger partial charge on any atom is 0.338 e. The maximum absolute atomic E-state index is 12.6.